The standard InChI is InChI=1S/C15H14ClN3O4/c1-22-11-8-10(12(23-2)7-9(11)16)18-14(20)15(21)19-13-5-3-4-6-17-13/h3-8H,1-2H3,(H,18,20)(H,17,19,21). The molecule has 0 aliphatic carbocycles. The van der Waals surface area contributed by atoms with Gasteiger partial charge in [0.2, 0.25) is 0 Å². The van der Waals surface area contributed by atoms with Gasteiger partial charge in [-0.2, -0.15) is 0 Å². The molecule has 0 fully saturated rings. The molecule has 0 aliphatic heterocycles. The quantitative estimate of drug-likeness (QED) is 0.837. The molecule has 120 valence electrons. The number of hydrogen-bond acceptors (Lipinski definition) is 5. The molecular weight excluding hydrogens is 322 g/mol. The minimum Gasteiger partial charge on any atom is -0.495 e. The van der Waals surface area contributed by atoms with E-state index in [1.165, 1.54) is 32.5 Å². The van der Waals surface area contributed by atoms with E-state index in [4.69, 9.17) is 21.1 Å². The van der Waals surface area contributed by atoms with Crippen molar-refractivity contribution >= 4 is 34.9 Å². The second-order valence-corrected chi connectivity index (χ2v) is 4.72. The average molecular weight is 336 g/mol. The lowest BCUT2D eigenvalue weighted by atomic mass is 10.2. The van der Waals surface area contributed by atoms with Crippen molar-refractivity contribution in [3.05, 3.63) is 41.6 Å². The van der Waals surface area contributed by atoms with Crippen molar-refractivity contribution in [1.29, 1.82) is 0 Å². The van der Waals surface area contributed by atoms with Gasteiger partial charge in [0, 0.05) is 18.3 Å². The van der Waals surface area contributed by atoms with E-state index in [1.54, 1.807) is 18.2 Å². The van der Waals surface area contributed by atoms with Gasteiger partial charge in [-0.3, -0.25) is 9.59 Å². The van der Waals surface area contributed by atoms with Crippen molar-refractivity contribution in [1.82, 2.24) is 4.98 Å². The third-order valence-corrected chi connectivity index (χ3v) is 3.13. The first-order valence-corrected chi connectivity index (χ1v) is 6.88. The van der Waals surface area contributed by atoms with Crippen LogP contribution in [0.2, 0.25) is 5.02 Å². The Morgan fingerprint density at radius 3 is 2.35 bits per heavy atom. The van der Waals surface area contributed by atoms with E-state index in [9.17, 15) is 9.59 Å². The van der Waals surface area contributed by atoms with Gasteiger partial charge < -0.3 is 20.1 Å². The number of nitrogens with one attached hydrogen (secondary N) is 2. The Kier molecular flexibility index (Phi) is 5.37. The Balaban J connectivity index is 2.14. The fourth-order valence-corrected chi connectivity index (χ4v) is 1.98. The van der Waals surface area contributed by atoms with Gasteiger partial charge in [-0.15, -0.1) is 0 Å². The van der Waals surface area contributed by atoms with Crippen LogP contribution in [-0.4, -0.2) is 31.0 Å². The lowest BCUT2D eigenvalue weighted by Crippen LogP contribution is -2.29. The molecule has 8 heteroatoms. The number of methoxy groups -OCH3 is 2. The number of hydrogen-bond donors (Lipinski definition) is 2. The first kappa shape index (κ1) is 16.6. The van der Waals surface area contributed by atoms with Gasteiger partial charge in [-0.25, -0.2) is 4.98 Å². The van der Waals surface area contributed by atoms with Crippen LogP contribution < -0.4 is 20.1 Å². The highest BCUT2D eigenvalue weighted by atomic mass is 35.5. The van der Waals surface area contributed by atoms with E-state index in [2.05, 4.69) is 15.6 Å². The summed E-state index contributed by atoms with van der Waals surface area (Å²) in [7, 11) is 2.86. The third kappa shape index (κ3) is 4.10. The number of aromatic nitrogens is 1. The molecule has 2 rings (SSSR count). The molecule has 23 heavy (non-hydrogen) atoms. The lowest BCUT2D eigenvalue weighted by Gasteiger charge is -2.13. The van der Waals surface area contributed by atoms with Crippen molar-refractivity contribution < 1.29 is 19.1 Å². The Hall–Kier alpha value is -2.80. The van der Waals surface area contributed by atoms with E-state index < -0.39 is 11.8 Å². The Labute approximate surface area is 137 Å². The van der Waals surface area contributed by atoms with Crippen LogP contribution in [-0.2, 0) is 9.59 Å². The van der Waals surface area contributed by atoms with Crippen LogP contribution in [0.25, 0.3) is 0 Å². The molecule has 0 unspecified atom stereocenters. The lowest BCUT2D eigenvalue weighted by molar-refractivity contribution is -0.133. The number of amides is 2. The van der Waals surface area contributed by atoms with E-state index >= 15 is 0 Å². The van der Waals surface area contributed by atoms with Gasteiger partial charge in [0.25, 0.3) is 0 Å². The number of anilines is 2. The molecule has 1 aromatic carbocycles. The highest BCUT2D eigenvalue weighted by Crippen LogP contribution is 2.35. The number of ether oxygens (including phenoxy) is 2. The average Bonchev–Trinajstić information content (AvgIpc) is 2.56. The second-order valence-electron chi connectivity index (χ2n) is 4.31. The normalized spacial score (nSPS) is 9.87. The Morgan fingerprint density at radius 2 is 1.74 bits per heavy atom. The maximum Gasteiger partial charge on any atom is 0.315 e. The van der Waals surface area contributed by atoms with Gasteiger partial charge >= 0.3 is 11.8 Å². The van der Waals surface area contributed by atoms with Crippen LogP contribution in [0.15, 0.2) is 36.5 Å². The minimum absolute atomic E-state index is 0.259. The van der Waals surface area contributed by atoms with Crippen molar-refractivity contribution in [3.8, 4) is 11.5 Å². The molecule has 0 spiro atoms. The summed E-state index contributed by atoms with van der Waals surface area (Å²) in [6.07, 6.45) is 1.50. The van der Waals surface area contributed by atoms with Gasteiger partial charge in [-0.05, 0) is 12.1 Å². The highest BCUT2D eigenvalue weighted by molar-refractivity contribution is 6.43. The molecule has 0 atom stereocenters. The topological polar surface area (TPSA) is 89.5 Å². The Bertz CT molecular complexity index is 722. The van der Waals surface area contributed by atoms with Crippen molar-refractivity contribution in [2.24, 2.45) is 0 Å². The zero-order valence-corrected chi connectivity index (χ0v) is 13.2. The monoisotopic (exact) mass is 335 g/mol. The van der Waals surface area contributed by atoms with Crippen LogP contribution in [0.4, 0.5) is 11.5 Å². The molecule has 0 aliphatic rings. The maximum absolute atomic E-state index is 12.0. The number of carbonyl (C=O) groups is 2. The summed E-state index contributed by atoms with van der Waals surface area (Å²) in [6.45, 7) is 0. The van der Waals surface area contributed by atoms with E-state index in [1.807, 2.05) is 0 Å². The largest absolute Gasteiger partial charge is 0.495 e. The fraction of sp³-hybridized carbons (Fsp3) is 0.133. The van der Waals surface area contributed by atoms with Crippen LogP contribution in [0, 0.1) is 0 Å². The smallest absolute Gasteiger partial charge is 0.315 e. The summed E-state index contributed by atoms with van der Waals surface area (Å²) in [5.74, 6) is -0.825. The zero-order valence-electron chi connectivity index (χ0n) is 12.4. The molecule has 7 nitrogen and oxygen atoms in total. The molecular formula is C15H14ClN3O4. The van der Waals surface area contributed by atoms with Crippen LogP contribution in [0.5, 0.6) is 11.5 Å². The molecule has 0 radical (unpaired) electrons. The predicted octanol–water partition coefficient (Wildman–Crippen LogP) is 2.33. The summed E-state index contributed by atoms with van der Waals surface area (Å²) in [5, 5.41) is 5.14. The van der Waals surface area contributed by atoms with E-state index in [0.717, 1.165) is 0 Å². The van der Waals surface area contributed by atoms with Gasteiger partial charge in [-0.1, -0.05) is 17.7 Å². The SMILES string of the molecule is COc1cc(NC(=O)C(=O)Nc2ccccn2)c(OC)cc1Cl. The van der Waals surface area contributed by atoms with Crippen molar-refractivity contribution in [2.75, 3.05) is 24.9 Å². The molecule has 1 aromatic heterocycles. The minimum atomic E-state index is -0.877. The summed E-state index contributed by atoms with van der Waals surface area (Å²) in [5.41, 5.74) is 0.259. The number of halogens is 1. The molecule has 0 bridgehead atoms. The molecule has 2 N–H and O–H groups in total. The first-order chi connectivity index (χ1) is 11.0. The van der Waals surface area contributed by atoms with E-state index in [-0.39, 0.29) is 11.5 Å². The summed E-state index contributed by atoms with van der Waals surface area (Å²) < 4.78 is 10.2. The summed E-state index contributed by atoms with van der Waals surface area (Å²) in [6, 6.07) is 7.89. The number of benzene rings is 1. The van der Waals surface area contributed by atoms with Gasteiger partial charge in [0.1, 0.15) is 17.3 Å². The van der Waals surface area contributed by atoms with Crippen molar-refractivity contribution in [3.63, 3.8) is 0 Å². The summed E-state index contributed by atoms with van der Waals surface area (Å²) in [4.78, 5) is 27.8. The number of pyridine rings is 1. The third-order valence-electron chi connectivity index (χ3n) is 2.83. The highest BCUT2D eigenvalue weighted by Gasteiger charge is 2.18. The molecule has 2 amide bonds. The van der Waals surface area contributed by atoms with Crippen LogP contribution in [0.3, 0.4) is 0 Å². The molecule has 2 aromatic rings. The number of carbonyl (C=O) groups excluding carboxylic acids is 2. The molecule has 1 heterocycles. The fourth-order valence-electron chi connectivity index (χ4n) is 1.75. The molecule has 0 saturated heterocycles. The van der Waals surface area contributed by atoms with Crippen LogP contribution in [0.1, 0.15) is 0 Å². The number of nitrogens with zero attached hydrogens (tertiary/aromatic N) is 1. The van der Waals surface area contributed by atoms with Crippen LogP contribution >= 0.6 is 11.6 Å². The number of rotatable bonds is 4. The van der Waals surface area contributed by atoms with Gasteiger partial charge in [0.15, 0.2) is 0 Å². The second kappa shape index (κ2) is 7.46. The summed E-state index contributed by atoms with van der Waals surface area (Å²) >= 11 is 5.98. The predicted molar refractivity (Wildman–Crippen MR) is 86.1 cm³/mol. The molecule has 0 saturated carbocycles. The van der Waals surface area contributed by atoms with Crippen molar-refractivity contribution in [2.45, 2.75) is 0 Å². The van der Waals surface area contributed by atoms with E-state index in [0.29, 0.717) is 16.5 Å². The first-order valence-electron chi connectivity index (χ1n) is 6.50. The maximum atomic E-state index is 12.0. The zero-order chi connectivity index (χ0) is 16.8. The van der Waals surface area contributed by atoms with Gasteiger partial charge in [0.05, 0.1) is 24.9 Å². The Morgan fingerprint density at radius 1 is 1.04 bits per heavy atom.